The van der Waals surface area contributed by atoms with Crippen molar-refractivity contribution in [3.8, 4) is 0 Å². The Hall–Kier alpha value is -1.56. The first-order chi connectivity index (χ1) is 7.12. The van der Waals surface area contributed by atoms with Crippen LogP contribution < -0.4 is 11.1 Å². The lowest BCUT2D eigenvalue weighted by Crippen LogP contribution is -2.50. The molecule has 1 amide bonds. The summed E-state index contributed by atoms with van der Waals surface area (Å²) in [4.78, 5) is 15.6. The zero-order valence-electron chi connectivity index (χ0n) is 8.90. The fourth-order valence-electron chi connectivity index (χ4n) is 1.10. The van der Waals surface area contributed by atoms with Gasteiger partial charge in [0.25, 0.3) is 0 Å². The fraction of sp³-hybridized carbons (Fsp3) is 0.556. The number of hydrogen-bond acceptors (Lipinski definition) is 5. The summed E-state index contributed by atoms with van der Waals surface area (Å²) in [5.74, 6) is -0.0975. The lowest BCUT2D eigenvalue weighted by molar-refractivity contribution is -0.121. The van der Waals surface area contributed by atoms with Gasteiger partial charge in [-0.3, -0.25) is 10.1 Å². The molecule has 1 aromatic rings. The molecule has 0 aliphatic carbocycles. The lowest BCUT2D eigenvalue weighted by Gasteiger charge is -2.24. The van der Waals surface area contributed by atoms with Crippen molar-refractivity contribution < 1.29 is 4.79 Å². The first-order valence-corrected chi connectivity index (χ1v) is 4.86. The highest BCUT2D eigenvalue weighted by atomic mass is 16.2. The second-order valence-electron chi connectivity index (χ2n) is 3.28. The highest BCUT2D eigenvalue weighted by Crippen LogP contribution is 2.12. The molecule has 0 spiro atoms. The summed E-state index contributed by atoms with van der Waals surface area (Å²) >= 11 is 0. The van der Waals surface area contributed by atoms with Crippen LogP contribution in [0.2, 0.25) is 0 Å². The summed E-state index contributed by atoms with van der Waals surface area (Å²) in [7, 11) is 0. The molecule has 1 aromatic heterocycles. The average molecular weight is 209 g/mol. The van der Waals surface area contributed by atoms with Gasteiger partial charge in [0.15, 0.2) is 0 Å². The van der Waals surface area contributed by atoms with Gasteiger partial charge < -0.3 is 5.73 Å². The smallest absolute Gasteiger partial charge is 0.249 e. The van der Waals surface area contributed by atoms with E-state index in [-0.39, 0.29) is 11.9 Å². The van der Waals surface area contributed by atoms with Crippen molar-refractivity contribution in [1.82, 2.24) is 15.2 Å². The topological polar surface area (TPSA) is 93.8 Å². The number of rotatable bonds is 4. The predicted molar refractivity (Wildman–Crippen MR) is 56.0 cm³/mol. The van der Waals surface area contributed by atoms with Crippen LogP contribution in [0.5, 0.6) is 0 Å². The van der Waals surface area contributed by atoms with E-state index in [4.69, 9.17) is 5.73 Å². The van der Waals surface area contributed by atoms with Crippen LogP contribution in [0.4, 0.5) is 5.95 Å². The first kappa shape index (κ1) is 11.5. The van der Waals surface area contributed by atoms with Gasteiger partial charge in [0.1, 0.15) is 0 Å². The Morgan fingerprint density at radius 2 is 2.13 bits per heavy atom. The van der Waals surface area contributed by atoms with Crippen molar-refractivity contribution >= 4 is 11.9 Å². The van der Waals surface area contributed by atoms with E-state index in [0.29, 0.717) is 12.8 Å². The molecule has 15 heavy (non-hydrogen) atoms. The minimum Gasteiger partial charge on any atom is -0.317 e. The minimum absolute atomic E-state index is 0.180. The van der Waals surface area contributed by atoms with Gasteiger partial charge in [0.2, 0.25) is 11.9 Å². The second-order valence-corrected chi connectivity index (χ2v) is 3.28. The number of anilines is 1. The average Bonchev–Trinajstić information content (AvgIpc) is 2.29. The van der Waals surface area contributed by atoms with Crippen molar-refractivity contribution in [3.05, 3.63) is 12.4 Å². The first-order valence-electron chi connectivity index (χ1n) is 4.86. The van der Waals surface area contributed by atoms with Crippen LogP contribution in [-0.2, 0) is 4.79 Å². The Labute approximate surface area is 88.3 Å². The fourth-order valence-corrected chi connectivity index (χ4v) is 1.10. The van der Waals surface area contributed by atoms with Gasteiger partial charge >= 0.3 is 0 Å². The minimum atomic E-state index is -0.862. The molecule has 1 rings (SSSR count). The van der Waals surface area contributed by atoms with Crippen molar-refractivity contribution in [2.75, 3.05) is 5.32 Å². The molecule has 3 N–H and O–H groups in total. The number of hydrogen-bond donors (Lipinski definition) is 2. The summed E-state index contributed by atoms with van der Waals surface area (Å²) in [5, 5.41) is 9.79. The van der Waals surface area contributed by atoms with E-state index in [1.54, 1.807) is 0 Å². The number of nitrogens with one attached hydrogen (secondary N) is 1. The van der Waals surface area contributed by atoms with Crippen LogP contribution in [0.25, 0.3) is 0 Å². The predicted octanol–water partition coefficient (Wildman–Crippen LogP) is 0.328. The maximum atomic E-state index is 11.8. The van der Waals surface area contributed by atoms with Gasteiger partial charge in [0.05, 0.1) is 17.9 Å². The number of nitrogens with two attached hydrogens (primary N) is 1. The summed E-state index contributed by atoms with van der Waals surface area (Å²) in [6.45, 7) is 3.74. The highest BCUT2D eigenvalue weighted by Gasteiger charge is 2.30. The second kappa shape index (κ2) is 4.79. The zero-order chi connectivity index (χ0) is 11.3. The van der Waals surface area contributed by atoms with Crippen molar-refractivity contribution in [1.29, 1.82) is 0 Å². The quantitative estimate of drug-likeness (QED) is 0.745. The largest absolute Gasteiger partial charge is 0.317 e. The third kappa shape index (κ3) is 2.69. The molecule has 6 heteroatoms. The van der Waals surface area contributed by atoms with Gasteiger partial charge in [-0.15, -0.1) is 5.10 Å². The molecule has 0 aliphatic heterocycles. The SMILES string of the molecule is CCC(N)(CC)C(=O)Nc1nccnn1. The summed E-state index contributed by atoms with van der Waals surface area (Å²) in [5.41, 5.74) is 5.04. The highest BCUT2D eigenvalue weighted by molar-refractivity contribution is 5.96. The van der Waals surface area contributed by atoms with Crippen molar-refractivity contribution in [2.45, 2.75) is 32.2 Å². The van der Waals surface area contributed by atoms with Gasteiger partial charge in [-0.25, -0.2) is 4.98 Å². The van der Waals surface area contributed by atoms with Crippen LogP contribution >= 0.6 is 0 Å². The summed E-state index contributed by atoms with van der Waals surface area (Å²) < 4.78 is 0. The molecule has 0 atom stereocenters. The van der Waals surface area contributed by atoms with Crippen LogP contribution in [0.3, 0.4) is 0 Å². The van der Waals surface area contributed by atoms with Gasteiger partial charge in [-0.05, 0) is 12.8 Å². The Kier molecular flexibility index (Phi) is 3.68. The lowest BCUT2D eigenvalue weighted by atomic mass is 9.93. The monoisotopic (exact) mass is 209 g/mol. The summed E-state index contributed by atoms with van der Waals surface area (Å²) in [6.07, 6.45) is 4.02. The normalized spacial score (nSPS) is 11.1. The standard InChI is InChI=1S/C9H15N5O/c1-3-9(10,4-2)7(15)13-8-11-5-6-12-14-8/h5-6H,3-4,10H2,1-2H3,(H,11,13,14,15). The van der Waals surface area contributed by atoms with Crippen molar-refractivity contribution in [2.24, 2.45) is 5.73 Å². The maximum Gasteiger partial charge on any atom is 0.249 e. The molecule has 0 aromatic carbocycles. The number of amides is 1. The van der Waals surface area contributed by atoms with Gasteiger partial charge in [0, 0.05) is 0 Å². The molecule has 82 valence electrons. The van der Waals surface area contributed by atoms with E-state index >= 15 is 0 Å². The van der Waals surface area contributed by atoms with Crippen molar-refractivity contribution in [3.63, 3.8) is 0 Å². The molecule has 0 saturated heterocycles. The molecule has 1 heterocycles. The van der Waals surface area contributed by atoms with Gasteiger partial charge in [-0.1, -0.05) is 13.8 Å². The van der Waals surface area contributed by atoms with E-state index in [1.807, 2.05) is 13.8 Å². The molecule has 0 fully saturated rings. The van der Waals surface area contributed by atoms with Crippen LogP contribution in [0, 0.1) is 0 Å². The van der Waals surface area contributed by atoms with E-state index in [9.17, 15) is 4.79 Å². The van der Waals surface area contributed by atoms with Gasteiger partial charge in [-0.2, -0.15) is 5.10 Å². The molecule has 0 radical (unpaired) electrons. The maximum absolute atomic E-state index is 11.8. The number of nitrogens with zero attached hydrogens (tertiary/aromatic N) is 3. The van der Waals surface area contributed by atoms with E-state index in [1.165, 1.54) is 12.4 Å². The zero-order valence-corrected chi connectivity index (χ0v) is 8.90. The third-order valence-electron chi connectivity index (χ3n) is 2.42. The molecule has 0 unspecified atom stereocenters. The number of carbonyl (C=O) groups is 1. The Bertz CT molecular complexity index is 323. The Morgan fingerprint density at radius 1 is 1.47 bits per heavy atom. The van der Waals surface area contributed by atoms with Crippen LogP contribution in [-0.4, -0.2) is 26.6 Å². The van der Waals surface area contributed by atoms with Crippen LogP contribution in [0.15, 0.2) is 12.4 Å². The van der Waals surface area contributed by atoms with E-state index < -0.39 is 5.54 Å². The summed E-state index contributed by atoms with van der Waals surface area (Å²) in [6, 6.07) is 0. The molecular formula is C9H15N5O. The molecule has 0 aliphatic rings. The third-order valence-corrected chi connectivity index (χ3v) is 2.42. The van der Waals surface area contributed by atoms with Crippen LogP contribution in [0.1, 0.15) is 26.7 Å². The Morgan fingerprint density at radius 3 is 2.60 bits per heavy atom. The number of carbonyl (C=O) groups excluding carboxylic acids is 1. The molecular weight excluding hydrogens is 194 g/mol. The Balaban J connectivity index is 2.71. The molecule has 0 bridgehead atoms. The molecule has 0 saturated carbocycles. The van der Waals surface area contributed by atoms with E-state index in [2.05, 4.69) is 20.5 Å². The molecule has 6 nitrogen and oxygen atoms in total. The number of aromatic nitrogens is 3. The van der Waals surface area contributed by atoms with E-state index in [0.717, 1.165) is 0 Å².